The van der Waals surface area contributed by atoms with Crippen LogP contribution in [-0.2, 0) is 49.2 Å². The number of hydrogen-bond donors (Lipinski definition) is 8. The van der Waals surface area contributed by atoms with Crippen molar-refractivity contribution in [1.29, 1.82) is 0 Å². The molecule has 3 heterocycles. The number of allylic oxidation sites excluding steroid dienone is 1. The summed E-state index contributed by atoms with van der Waals surface area (Å²) in [6, 6.07) is 6.37. The van der Waals surface area contributed by atoms with E-state index in [1.54, 1.807) is 19.1 Å². The predicted molar refractivity (Wildman–Crippen MR) is 157 cm³/mol. The van der Waals surface area contributed by atoms with Gasteiger partial charge in [-0.15, -0.1) is 0 Å². The highest BCUT2D eigenvalue weighted by Gasteiger charge is 2.48. The molecule has 48 heavy (non-hydrogen) atoms. The van der Waals surface area contributed by atoms with Crippen molar-refractivity contribution in [3.8, 4) is 5.75 Å². The molecule has 12 atom stereocenters. The smallest absolute Gasteiger partial charge is 0.337 e. The molecule has 0 radical (unpaired) electrons. The van der Waals surface area contributed by atoms with Crippen molar-refractivity contribution in [2.75, 3.05) is 26.9 Å². The Hall–Kier alpha value is -3.20. The number of phenols is 1. The third-order valence-corrected chi connectivity index (χ3v) is 8.29. The Labute approximate surface area is 275 Å². The first kappa shape index (κ1) is 37.6. The van der Waals surface area contributed by atoms with E-state index in [4.69, 9.17) is 33.2 Å². The van der Waals surface area contributed by atoms with Crippen LogP contribution in [0, 0.1) is 5.92 Å². The number of hydrogen-bond acceptors (Lipinski definition) is 17. The van der Waals surface area contributed by atoms with Crippen LogP contribution in [0.4, 0.5) is 0 Å². The lowest BCUT2D eigenvalue weighted by Crippen LogP contribution is -2.60. The van der Waals surface area contributed by atoms with Gasteiger partial charge < -0.3 is 74.0 Å². The predicted octanol–water partition coefficient (Wildman–Crippen LogP) is -2.52. The number of carbonyl (C=O) groups is 2. The van der Waals surface area contributed by atoms with Gasteiger partial charge in [0.1, 0.15) is 61.2 Å². The molecule has 17 heteroatoms. The monoisotopic (exact) mass is 686 g/mol. The molecule has 0 aliphatic carbocycles. The van der Waals surface area contributed by atoms with Gasteiger partial charge in [-0.25, -0.2) is 4.79 Å². The molecule has 0 unspecified atom stereocenters. The molecule has 3 aliphatic rings. The fraction of sp³-hybridized carbons (Fsp3) is 0.613. The van der Waals surface area contributed by atoms with Gasteiger partial charge in [-0.2, -0.15) is 0 Å². The Bertz CT molecular complexity index is 1280. The molecule has 1 aromatic carbocycles. The summed E-state index contributed by atoms with van der Waals surface area (Å²) in [5, 5.41) is 80.8. The molecular weight excluding hydrogens is 644 g/mol. The maximum atomic E-state index is 13.1. The second-order valence-electron chi connectivity index (χ2n) is 11.4. The number of phenolic OH excluding ortho intramolecular Hbond substituents is 1. The molecular formula is C31H42O17. The van der Waals surface area contributed by atoms with Crippen LogP contribution in [0.5, 0.6) is 5.75 Å². The van der Waals surface area contributed by atoms with Crippen molar-refractivity contribution in [3.05, 3.63) is 53.3 Å². The molecule has 0 aromatic heterocycles. The van der Waals surface area contributed by atoms with E-state index in [9.17, 15) is 50.4 Å². The number of ether oxygens (including phenoxy) is 7. The first-order valence-corrected chi connectivity index (χ1v) is 15.2. The van der Waals surface area contributed by atoms with Crippen molar-refractivity contribution in [1.82, 2.24) is 0 Å². The van der Waals surface area contributed by atoms with Crippen molar-refractivity contribution in [2.45, 2.75) is 87.5 Å². The molecule has 0 saturated carbocycles. The zero-order chi connectivity index (χ0) is 35.1. The molecule has 4 rings (SSSR count). The third kappa shape index (κ3) is 8.68. The van der Waals surface area contributed by atoms with Gasteiger partial charge in [0.05, 0.1) is 38.6 Å². The number of carbonyl (C=O) groups excluding carboxylic acids is 2. The molecule has 2 fully saturated rings. The van der Waals surface area contributed by atoms with Crippen LogP contribution >= 0.6 is 0 Å². The minimum Gasteiger partial charge on any atom is -0.508 e. The van der Waals surface area contributed by atoms with Crippen molar-refractivity contribution >= 4 is 11.9 Å². The summed E-state index contributed by atoms with van der Waals surface area (Å²) in [7, 11) is 1.12. The Morgan fingerprint density at radius 3 is 2.12 bits per heavy atom. The Morgan fingerprint density at radius 1 is 0.875 bits per heavy atom. The molecule has 1 aromatic rings. The fourth-order valence-electron chi connectivity index (χ4n) is 5.47. The van der Waals surface area contributed by atoms with Crippen molar-refractivity contribution in [3.63, 3.8) is 0 Å². The SMILES string of the molecule is CC=C1[C@H](O[C@@H]2O[C@H](CO)[C@@H](O)[C@H](O)[C@H]2O)OC=C(C(=O)OC)[C@H]1CC(=O)OC[C@H]1O[C@@H](OCCc2ccc(O)cc2)[C@H](O)[C@@H](O)[C@@H]1O. The van der Waals surface area contributed by atoms with Gasteiger partial charge in [0.2, 0.25) is 6.29 Å². The summed E-state index contributed by atoms with van der Waals surface area (Å²) in [5.74, 6) is -2.69. The number of methoxy groups -OCH3 is 1. The van der Waals surface area contributed by atoms with Crippen molar-refractivity contribution < 1.29 is 83.6 Å². The van der Waals surface area contributed by atoms with E-state index in [2.05, 4.69) is 0 Å². The number of aliphatic hydroxyl groups excluding tert-OH is 7. The lowest BCUT2D eigenvalue weighted by atomic mass is 9.86. The summed E-state index contributed by atoms with van der Waals surface area (Å²) in [6.45, 7) is 0.335. The lowest BCUT2D eigenvalue weighted by Gasteiger charge is -2.42. The van der Waals surface area contributed by atoms with Crippen molar-refractivity contribution in [2.24, 2.45) is 5.92 Å². The molecule has 0 spiro atoms. The summed E-state index contributed by atoms with van der Waals surface area (Å²) in [4.78, 5) is 25.7. The van der Waals surface area contributed by atoms with E-state index in [-0.39, 0.29) is 23.5 Å². The number of benzene rings is 1. The van der Waals surface area contributed by atoms with Gasteiger partial charge >= 0.3 is 11.9 Å². The van der Waals surface area contributed by atoms with E-state index in [1.807, 2.05) is 0 Å². The molecule has 8 N–H and O–H groups in total. The van der Waals surface area contributed by atoms with Crippen LogP contribution in [0.2, 0.25) is 0 Å². The quantitative estimate of drug-likeness (QED) is 0.0834. The van der Waals surface area contributed by atoms with Gasteiger partial charge in [0.15, 0.2) is 12.6 Å². The first-order chi connectivity index (χ1) is 22.9. The molecule has 268 valence electrons. The van der Waals surface area contributed by atoms with Crippen LogP contribution in [0.25, 0.3) is 0 Å². The van der Waals surface area contributed by atoms with Crippen LogP contribution in [-0.4, -0.2) is 147 Å². The zero-order valence-electron chi connectivity index (χ0n) is 26.2. The molecule has 0 amide bonds. The highest BCUT2D eigenvalue weighted by Crippen LogP contribution is 2.36. The summed E-state index contributed by atoms with van der Waals surface area (Å²) >= 11 is 0. The van der Waals surface area contributed by atoms with Gasteiger partial charge in [-0.1, -0.05) is 18.2 Å². The summed E-state index contributed by atoms with van der Waals surface area (Å²) in [5.41, 5.74) is 0.922. The summed E-state index contributed by atoms with van der Waals surface area (Å²) in [6.07, 6.45) is -14.6. The Morgan fingerprint density at radius 2 is 1.50 bits per heavy atom. The van der Waals surface area contributed by atoms with Gasteiger partial charge in [0.25, 0.3) is 0 Å². The van der Waals surface area contributed by atoms with Crippen LogP contribution in [0.3, 0.4) is 0 Å². The van der Waals surface area contributed by atoms with Gasteiger partial charge in [-0.3, -0.25) is 4.79 Å². The largest absolute Gasteiger partial charge is 0.508 e. The topological polar surface area (TPSA) is 261 Å². The van der Waals surface area contributed by atoms with Gasteiger partial charge in [-0.05, 0) is 31.0 Å². The Balaban J connectivity index is 1.39. The average Bonchev–Trinajstić information content (AvgIpc) is 3.08. The van der Waals surface area contributed by atoms with E-state index < -0.39 is 105 Å². The second kappa shape index (κ2) is 17.0. The van der Waals surface area contributed by atoms with E-state index in [1.165, 1.54) is 18.2 Å². The third-order valence-electron chi connectivity index (χ3n) is 8.29. The molecule has 3 aliphatic heterocycles. The van der Waals surface area contributed by atoms with Gasteiger partial charge in [0, 0.05) is 11.5 Å². The van der Waals surface area contributed by atoms with E-state index in [0.29, 0.717) is 6.42 Å². The van der Waals surface area contributed by atoms with Crippen LogP contribution < -0.4 is 0 Å². The molecule has 2 saturated heterocycles. The standard InChI is InChI=1S/C31H42O17/c1-3-16-17(18(28(41)42-2)12-45-29(16)48-31-27(40)24(37)22(35)19(11-32)46-31)10-21(34)44-13-20-23(36)25(38)26(39)30(47-20)43-9-8-14-4-6-15(33)7-5-14/h3-7,12,17,19-20,22-27,29-33,35-40H,8-11,13H2,1-2H3/t17-,19+,20+,22+,23+,24-,25-,26+,27+,29-,30+,31-/m0/s1. The molecule has 17 nitrogen and oxygen atoms in total. The second-order valence-corrected chi connectivity index (χ2v) is 11.4. The highest BCUT2D eigenvalue weighted by atomic mass is 16.8. The van der Waals surface area contributed by atoms with Crippen LogP contribution in [0.15, 0.2) is 47.7 Å². The number of aromatic hydroxyl groups is 1. The average molecular weight is 687 g/mol. The van der Waals surface area contributed by atoms with E-state index >= 15 is 0 Å². The first-order valence-electron chi connectivity index (χ1n) is 15.2. The highest BCUT2D eigenvalue weighted by molar-refractivity contribution is 5.90. The lowest BCUT2D eigenvalue weighted by molar-refractivity contribution is -0.327. The summed E-state index contributed by atoms with van der Waals surface area (Å²) < 4.78 is 38.0. The fourth-order valence-corrected chi connectivity index (χ4v) is 5.47. The maximum absolute atomic E-state index is 13.1. The minimum atomic E-state index is -1.75. The minimum absolute atomic E-state index is 0.0483. The zero-order valence-corrected chi connectivity index (χ0v) is 26.2. The van der Waals surface area contributed by atoms with E-state index in [0.717, 1.165) is 18.9 Å². The Kier molecular flexibility index (Phi) is 13.3. The normalized spacial score (nSPS) is 36.2. The number of rotatable bonds is 12. The van der Waals surface area contributed by atoms with Crippen LogP contribution in [0.1, 0.15) is 18.9 Å². The number of aliphatic hydroxyl groups is 7. The number of esters is 2. The molecule has 0 bridgehead atoms. The maximum Gasteiger partial charge on any atom is 0.337 e.